The number of imide groups is 1. The molecule has 2 aliphatic heterocycles. The lowest BCUT2D eigenvalue weighted by Gasteiger charge is -2.42. The fourth-order valence-corrected chi connectivity index (χ4v) is 2.70. The first kappa shape index (κ1) is 12.5. The molecule has 5 nitrogen and oxygen atoms in total. The van der Waals surface area contributed by atoms with Gasteiger partial charge in [0.05, 0.1) is 11.0 Å². The molecule has 2 N–H and O–H groups in total. The molecule has 2 saturated heterocycles. The van der Waals surface area contributed by atoms with Crippen LogP contribution in [0.25, 0.3) is 0 Å². The van der Waals surface area contributed by atoms with E-state index < -0.39 is 11.0 Å². The first-order valence-corrected chi connectivity index (χ1v) is 6.08. The van der Waals surface area contributed by atoms with E-state index >= 15 is 0 Å². The summed E-state index contributed by atoms with van der Waals surface area (Å²) in [7, 11) is 0. The van der Waals surface area contributed by atoms with Gasteiger partial charge in [-0.3, -0.25) is 14.5 Å². The van der Waals surface area contributed by atoms with Crippen LogP contribution in [-0.2, 0) is 14.3 Å². The molecule has 0 atom stereocenters. The number of carbonyl (C=O) groups is 2. The summed E-state index contributed by atoms with van der Waals surface area (Å²) in [6.07, 6.45) is 1.59. The zero-order valence-electron chi connectivity index (χ0n) is 10.5. The molecule has 17 heavy (non-hydrogen) atoms. The van der Waals surface area contributed by atoms with Gasteiger partial charge in [-0.2, -0.15) is 0 Å². The van der Waals surface area contributed by atoms with E-state index in [0.29, 0.717) is 32.6 Å². The van der Waals surface area contributed by atoms with Gasteiger partial charge in [0.25, 0.3) is 0 Å². The summed E-state index contributed by atoms with van der Waals surface area (Å²) in [5, 5.41) is 0. The van der Waals surface area contributed by atoms with Crippen molar-refractivity contribution in [2.24, 2.45) is 11.1 Å². The minimum atomic E-state index is -0.586. The molecule has 5 heteroatoms. The molecule has 0 aromatic carbocycles. The SMILES string of the molecule is CC1(C)CC(=O)N(C2(CN)CCOCC2)C1=O. The van der Waals surface area contributed by atoms with Gasteiger partial charge in [0.2, 0.25) is 11.8 Å². The van der Waals surface area contributed by atoms with Crippen LogP contribution in [0.15, 0.2) is 0 Å². The Bertz CT molecular complexity index is 346. The zero-order chi connectivity index (χ0) is 12.7. The van der Waals surface area contributed by atoms with Crippen LogP contribution >= 0.6 is 0 Å². The van der Waals surface area contributed by atoms with Gasteiger partial charge < -0.3 is 10.5 Å². The highest BCUT2D eigenvalue weighted by molar-refractivity contribution is 6.06. The van der Waals surface area contributed by atoms with Gasteiger partial charge in [-0.15, -0.1) is 0 Å². The van der Waals surface area contributed by atoms with Gasteiger partial charge >= 0.3 is 0 Å². The average Bonchev–Trinajstić information content (AvgIpc) is 2.49. The minimum absolute atomic E-state index is 0.0881. The van der Waals surface area contributed by atoms with Gasteiger partial charge in [-0.1, -0.05) is 13.8 Å². The summed E-state index contributed by atoms with van der Waals surface area (Å²) in [5.41, 5.74) is 4.73. The van der Waals surface area contributed by atoms with E-state index in [0.717, 1.165) is 0 Å². The Kier molecular flexibility index (Phi) is 2.99. The fourth-order valence-electron chi connectivity index (χ4n) is 2.70. The van der Waals surface area contributed by atoms with E-state index in [1.165, 1.54) is 4.90 Å². The van der Waals surface area contributed by atoms with Crippen LogP contribution in [-0.4, -0.2) is 42.0 Å². The predicted molar refractivity (Wildman–Crippen MR) is 62.1 cm³/mol. The fraction of sp³-hybridized carbons (Fsp3) is 0.833. The zero-order valence-corrected chi connectivity index (χ0v) is 10.5. The summed E-state index contributed by atoms with van der Waals surface area (Å²) in [6.45, 7) is 5.08. The molecule has 2 heterocycles. The lowest BCUT2D eigenvalue weighted by Crippen LogP contribution is -2.59. The maximum atomic E-state index is 12.3. The third kappa shape index (κ3) is 1.87. The number of hydrogen-bond acceptors (Lipinski definition) is 4. The molecule has 0 aromatic heterocycles. The van der Waals surface area contributed by atoms with Crippen LogP contribution < -0.4 is 5.73 Å². The Hall–Kier alpha value is -0.940. The average molecular weight is 240 g/mol. The number of ether oxygens (including phenoxy) is 1. The highest BCUT2D eigenvalue weighted by atomic mass is 16.5. The van der Waals surface area contributed by atoms with E-state index in [1.54, 1.807) is 0 Å². The molecule has 2 amide bonds. The molecule has 0 bridgehead atoms. The molecule has 0 aliphatic carbocycles. The third-order valence-corrected chi connectivity index (χ3v) is 3.90. The Labute approximate surface area is 101 Å². The minimum Gasteiger partial charge on any atom is -0.381 e. The normalized spacial score (nSPS) is 27.6. The van der Waals surface area contributed by atoms with E-state index in [-0.39, 0.29) is 18.2 Å². The Morgan fingerprint density at radius 2 is 1.88 bits per heavy atom. The van der Waals surface area contributed by atoms with Crippen molar-refractivity contribution in [1.82, 2.24) is 4.90 Å². The molecule has 0 unspecified atom stereocenters. The number of likely N-dealkylation sites (tertiary alicyclic amines) is 1. The summed E-state index contributed by atoms with van der Waals surface area (Å²) in [6, 6.07) is 0. The molecule has 2 rings (SSSR count). The smallest absolute Gasteiger partial charge is 0.235 e. The van der Waals surface area contributed by atoms with Crippen molar-refractivity contribution in [1.29, 1.82) is 0 Å². The lowest BCUT2D eigenvalue weighted by atomic mass is 9.87. The topological polar surface area (TPSA) is 72.6 Å². The first-order valence-electron chi connectivity index (χ1n) is 6.08. The summed E-state index contributed by atoms with van der Waals surface area (Å²) < 4.78 is 5.30. The van der Waals surface area contributed by atoms with Crippen LogP contribution in [0, 0.1) is 5.41 Å². The molecular weight excluding hydrogens is 220 g/mol. The maximum absolute atomic E-state index is 12.3. The number of amides is 2. The van der Waals surface area contributed by atoms with Crippen LogP contribution in [0.5, 0.6) is 0 Å². The standard InChI is InChI=1S/C12H20N2O3/c1-11(2)7-9(15)14(10(11)16)12(8-13)3-5-17-6-4-12/h3-8,13H2,1-2H3. The predicted octanol–water partition coefficient (Wildman–Crippen LogP) is 0.279. The van der Waals surface area contributed by atoms with E-state index in [2.05, 4.69) is 0 Å². The molecular formula is C12H20N2O3. The number of carbonyl (C=O) groups excluding carboxylic acids is 2. The highest BCUT2D eigenvalue weighted by Crippen LogP contribution is 2.39. The van der Waals surface area contributed by atoms with Crippen molar-refractivity contribution in [2.45, 2.75) is 38.6 Å². The van der Waals surface area contributed by atoms with Crippen molar-refractivity contribution < 1.29 is 14.3 Å². The van der Waals surface area contributed by atoms with Crippen molar-refractivity contribution in [3.05, 3.63) is 0 Å². The maximum Gasteiger partial charge on any atom is 0.235 e. The number of nitrogens with two attached hydrogens (primary N) is 1. The molecule has 2 fully saturated rings. The second kappa shape index (κ2) is 4.07. The number of rotatable bonds is 2. The molecule has 96 valence electrons. The highest BCUT2D eigenvalue weighted by Gasteiger charge is 2.53. The summed E-state index contributed by atoms with van der Waals surface area (Å²) in [5.74, 6) is -0.179. The second-order valence-corrected chi connectivity index (χ2v) is 5.64. The van der Waals surface area contributed by atoms with E-state index in [9.17, 15) is 9.59 Å². The van der Waals surface area contributed by atoms with Crippen molar-refractivity contribution in [3.63, 3.8) is 0 Å². The van der Waals surface area contributed by atoms with Gasteiger partial charge in [0.1, 0.15) is 0 Å². The van der Waals surface area contributed by atoms with Crippen molar-refractivity contribution >= 4 is 11.8 Å². The van der Waals surface area contributed by atoms with E-state index in [1.807, 2.05) is 13.8 Å². The summed E-state index contributed by atoms with van der Waals surface area (Å²) >= 11 is 0. The van der Waals surface area contributed by atoms with Crippen LogP contribution in [0.2, 0.25) is 0 Å². The molecule has 0 radical (unpaired) electrons. The lowest BCUT2D eigenvalue weighted by molar-refractivity contribution is -0.151. The van der Waals surface area contributed by atoms with Gasteiger partial charge in [0, 0.05) is 26.2 Å². The Balaban J connectivity index is 2.31. The monoisotopic (exact) mass is 240 g/mol. The quantitative estimate of drug-likeness (QED) is 0.704. The molecule has 2 aliphatic rings. The number of hydrogen-bond donors (Lipinski definition) is 1. The van der Waals surface area contributed by atoms with Crippen LogP contribution in [0.3, 0.4) is 0 Å². The van der Waals surface area contributed by atoms with Gasteiger partial charge in [-0.25, -0.2) is 0 Å². The Morgan fingerprint density at radius 1 is 1.29 bits per heavy atom. The molecule has 0 saturated carbocycles. The molecule has 0 spiro atoms. The van der Waals surface area contributed by atoms with Crippen LogP contribution in [0.1, 0.15) is 33.1 Å². The largest absolute Gasteiger partial charge is 0.381 e. The van der Waals surface area contributed by atoms with Crippen LogP contribution in [0.4, 0.5) is 0 Å². The van der Waals surface area contributed by atoms with Crippen molar-refractivity contribution in [2.75, 3.05) is 19.8 Å². The second-order valence-electron chi connectivity index (χ2n) is 5.64. The van der Waals surface area contributed by atoms with Gasteiger partial charge in [0.15, 0.2) is 0 Å². The summed E-state index contributed by atoms with van der Waals surface area (Å²) in [4.78, 5) is 25.8. The number of nitrogens with zero attached hydrogens (tertiary/aromatic N) is 1. The Morgan fingerprint density at radius 3 is 2.29 bits per heavy atom. The third-order valence-electron chi connectivity index (χ3n) is 3.90. The first-order chi connectivity index (χ1) is 7.93. The molecule has 0 aromatic rings. The van der Waals surface area contributed by atoms with Crippen molar-refractivity contribution in [3.8, 4) is 0 Å². The van der Waals surface area contributed by atoms with E-state index in [4.69, 9.17) is 10.5 Å². The van der Waals surface area contributed by atoms with Gasteiger partial charge in [-0.05, 0) is 12.8 Å².